The summed E-state index contributed by atoms with van der Waals surface area (Å²) in [6, 6.07) is 4.85. The van der Waals surface area contributed by atoms with Crippen molar-refractivity contribution in [2.75, 3.05) is 13.2 Å². The van der Waals surface area contributed by atoms with E-state index in [1.54, 1.807) is 0 Å². The van der Waals surface area contributed by atoms with Gasteiger partial charge in [-0.1, -0.05) is 30.8 Å². The van der Waals surface area contributed by atoms with Crippen molar-refractivity contribution in [1.29, 1.82) is 0 Å². The van der Waals surface area contributed by atoms with Crippen LogP contribution in [0.1, 0.15) is 49.7 Å². The lowest BCUT2D eigenvalue weighted by atomic mass is 9.77. The molecule has 1 aromatic rings. The van der Waals surface area contributed by atoms with Gasteiger partial charge in [0.05, 0.1) is 24.9 Å². The number of allylic oxidation sites excluding steroid dienone is 1. The SMILES string of the molecule is C=CCCC1CCC([C@@H]2CO[C@@H](C#Cc3ccc(C(F)(F)F)cc3)CO2)CC1. The fraction of sp³-hybridized carbons (Fsp3) is 0.565. The van der Waals surface area contributed by atoms with E-state index < -0.39 is 11.7 Å². The van der Waals surface area contributed by atoms with Crippen LogP contribution < -0.4 is 0 Å². The first-order valence-electron chi connectivity index (χ1n) is 9.98. The molecule has 1 saturated carbocycles. The summed E-state index contributed by atoms with van der Waals surface area (Å²) in [5, 5.41) is 0. The Balaban J connectivity index is 1.44. The van der Waals surface area contributed by atoms with Crippen LogP contribution in [-0.2, 0) is 15.7 Å². The number of alkyl halides is 3. The molecule has 2 fully saturated rings. The first-order valence-corrected chi connectivity index (χ1v) is 9.98. The van der Waals surface area contributed by atoms with Crippen LogP contribution in [0.2, 0.25) is 0 Å². The zero-order chi connectivity index (χ0) is 20.0. The van der Waals surface area contributed by atoms with Gasteiger partial charge in [-0.2, -0.15) is 13.2 Å². The monoisotopic (exact) mass is 392 g/mol. The molecule has 2 aliphatic rings. The minimum absolute atomic E-state index is 0.129. The van der Waals surface area contributed by atoms with Crippen LogP contribution in [0.15, 0.2) is 36.9 Å². The summed E-state index contributed by atoms with van der Waals surface area (Å²) in [5.74, 6) is 7.20. The quantitative estimate of drug-likeness (QED) is 0.490. The Labute approximate surface area is 165 Å². The molecule has 152 valence electrons. The van der Waals surface area contributed by atoms with Gasteiger partial charge in [0.25, 0.3) is 0 Å². The van der Waals surface area contributed by atoms with E-state index in [-0.39, 0.29) is 12.2 Å². The summed E-state index contributed by atoms with van der Waals surface area (Å²) in [6.07, 6.45) is 4.65. The topological polar surface area (TPSA) is 18.5 Å². The van der Waals surface area contributed by atoms with E-state index in [9.17, 15) is 13.2 Å². The average Bonchev–Trinajstić information content (AvgIpc) is 2.71. The van der Waals surface area contributed by atoms with Gasteiger partial charge in [-0.25, -0.2) is 0 Å². The maximum absolute atomic E-state index is 12.6. The number of hydrogen-bond donors (Lipinski definition) is 0. The molecule has 0 spiro atoms. The molecule has 0 radical (unpaired) electrons. The third-order valence-electron chi connectivity index (χ3n) is 5.71. The van der Waals surface area contributed by atoms with Crippen molar-refractivity contribution in [1.82, 2.24) is 0 Å². The van der Waals surface area contributed by atoms with Crippen LogP contribution in [0.4, 0.5) is 13.2 Å². The summed E-state index contributed by atoms with van der Waals surface area (Å²) in [6.45, 7) is 4.74. The third kappa shape index (κ3) is 5.86. The standard InChI is InChI=1S/C23H27F3O2/c1-2-3-4-17-5-10-19(11-6-17)22-16-27-21(15-28-22)14-9-18-7-12-20(13-8-18)23(24,25)26/h2,7-8,12-13,17,19,21-22H,1,3-6,10-11,15-16H2/t17?,19?,21-,22-/m0/s1. The molecule has 1 aromatic carbocycles. The van der Waals surface area contributed by atoms with Gasteiger partial charge in [-0.3, -0.25) is 0 Å². The van der Waals surface area contributed by atoms with Gasteiger partial charge in [0, 0.05) is 5.56 Å². The summed E-state index contributed by atoms with van der Waals surface area (Å²) >= 11 is 0. The van der Waals surface area contributed by atoms with Crippen molar-refractivity contribution in [3.05, 3.63) is 48.0 Å². The Hall–Kier alpha value is -1.77. The first kappa shape index (κ1) is 21.0. The van der Waals surface area contributed by atoms with Crippen LogP contribution >= 0.6 is 0 Å². The highest BCUT2D eigenvalue weighted by molar-refractivity contribution is 5.37. The number of ether oxygens (including phenoxy) is 2. The number of rotatable bonds is 4. The Morgan fingerprint density at radius 3 is 2.32 bits per heavy atom. The Morgan fingerprint density at radius 2 is 1.75 bits per heavy atom. The molecule has 2 atom stereocenters. The van der Waals surface area contributed by atoms with Gasteiger partial charge in [-0.15, -0.1) is 6.58 Å². The van der Waals surface area contributed by atoms with Crippen molar-refractivity contribution in [2.45, 2.75) is 56.9 Å². The summed E-state index contributed by atoms with van der Waals surface area (Å²) in [4.78, 5) is 0. The molecular formula is C23H27F3O2. The Kier molecular flexibility index (Phi) is 7.20. The molecule has 1 aliphatic heterocycles. The van der Waals surface area contributed by atoms with E-state index in [0.29, 0.717) is 24.7 Å². The number of hydrogen-bond acceptors (Lipinski definition) is 2. The second-order valence-electron chi connectivity index (χ2n) is 7.69. The van der Waals surface area contributed by atoms with Crippen LogP contribution in [0.25, 0.3) is 0 Å². The lowest BCUT2D eigenvalue weighted by Gasteiger charge is -2.36. The lowest BCUT2D eigenvalue weighted by Crippen LogP contribution is -2.40. The Morgan fingerprint density at radius 1 is 1.04 bits per heavy atom. The molecule has 1 aliphatic carbocycles. The van der Waals surface area contributed by atoms with E-state index in [1.807, 2.05) is 6.08 Å². The van der Waals surface area contributed by atoms with Gasteiger partial charge >= 0.3 is 6.18 Å². The highest BCUT2D eigenvalue weighted by Gasteiger charge is 2.32. The molecule has 0 amide bonds. The van der Waals surface area contributed by atoms with E-state index in [2.05, 4.69) is 18.4 Å². The molecule has 5 heteroatoms. The normalized spacial score (nSPS) is 28.2. The molecule has 0 aromatic heterocycles. The summed E-state index contributed by atoms with van der Waals surface area (Å²) in [5.41, 5.74) is -0.131. The van der Waals surface area contributed by atoms with E-state index >= 15 is 0 Å². The fourth-order valence-corrected chi connectivity index (χ4v) is 3.98. The van der Waals surface area contributed by atoms with E-state index in [4.69, 9.17) is 9.47 Å². The molecule has 2 nitrogen and oxygen atoms in total. The smallest absolute Gasteiger partial charge is 0.372 e. The minimum Gasteiger partial charge on any atom is -0.372 e. The lowest BCUT2D eigenvalue weighted by molar-refractivity contribution is -0.138. The molecule has 0 N–H and O–H groups in total. The van der Waals surface area contributed by atoms with Crippen molar-refractivity contribution >= 4 is 0 Å². The van der Waals surface area contributed by atoms with Crippen molar-refractivity contribution in [2.24, 2.45) is 11.8 Å². The van der Waals surface area contributed by atoms with Gasteiger partial charge in [-0.05, 0) is 61.8 Å². The summed E-state index contributed by atoms with van der Waals surface area (Å²) < 4.78 is 49.6. The van der Waals surface area contributed by atoms with Gasteiger partial charge in [0.2, 0.25) is 0 Å². The van der Waals surface area contributed by atoms with Gasteiger partial charge in [0.15, 0.2) is 0 Å². The zero-order valence-corrected chi connectivity index (χ0v) is 16.0. The molecular weight excluding hydrogens is 365 g/mol. The Bertz CT molecular complexity index is 683. The van der Waals surface area contributed by atoms with Crippen molar-refractivity contribution < 1.29 is 22.6 Å². The number of benzene rings is 1. The second-order valence-corrected chi connectivity index (χ2v) is 7.69. The third-order valence-corrected chi connectivity index (χ3v) is 5.71. The second kappa shape index (κ2) is 9.62. The largest absolute Gasteiger partial charge is 0.416 e. The molecule has 3 rings (SSSR count). The highest BCUT2D eigenvalue weighted by atomic mass is 19.4. The molecule has 1 saturated heterocycles. The zero-order valence-electron chi connectivity index (χ0n) is 16.0. The average molecular weight is 392 g/mol. The van der Waals surface area contributed by atoms with Gasteiger partial charge in [0.1, 0.15) is 6.10 Å². The van der Waals surface area contributed by atoms with Crippen LogP contribution in [0.5, 0.6) is 0 Å². The van der Waals surface area contributed by atoms with Crippen molar-refractivity contribution in [3.8, 4) is 11.8 Å². The van der Waals surface area contributed by atoms with Gasteiger partial charge < -0.3 is 9.47 Å². The predicted molar refractivity (Wildman–Crippen MR) is 103 cm³/mol. The molecule has 28 heavy (non-hydrogen) atoms. The molecule has 1 heterocycles. The summed E-state index contributed by atoms with van der Waals surface area (Å²) in [7, 11) is 0. The first-order chi connectivity index (χ1) is 13.5. The van der Waals surface area contributed by atoms with E-state index in [0.717, 1.165) is 24.5 Å². The van der Waals surface area contributed by atoms with E-state index in [1.165, 1.54) is 44.2 Å². The number of halogens is 3. The highest BCUT2D eigenvalue weighted by Crippen LogP contribution is 2.35. The van der Waals surface area contributed by atoms with Crippen LogP contribution in [-0.4, -0.2) is 25.4 Å². The van der Waals surface area contributed by atoms with Crippen molar-refractivity contribution in [3.63, 3.8) is 0 Å². The fourth-order valence-electron chi connectivity index (χ4n) is 3.98. The molecule has 0 bridgehead atoms. The predicted octanol–water partition coefficient (Wildman–Crippen LogP) is 5.61. The maximum atomic E-state index is 12.6. The van der Waals surface area contributed by atoms with Crippen LogP contribution in [0, 0.1) is 23.7 Å². The molecule has 0 unspecified atom stereocenters. The maximum Gasteiger partial charge on any atom is 0.416 e. The van der Waals surface area contributed by atoms with Crippen LogP contribution in [0.3, 0.4) is 0 Å². The minimum atomic E-state index is -4.33.